The maximum absolute atomic E-state index is 8.85. The van der Waals surface area contributed by atoms with E-state index in [2.05, 4.69) is 14.5 Å². The van der Waals surface area contributed by atoms with Gasteiger partial charge in [0.25, 0.3) is 0 Å². The van der Waals surface area contributed by atoms with E-state index in [1.165, 1.54) is 0 Å². The number of thiazole rings is 1. The van der Waals surface area contributed by atoms with E-state index in [0.717, 1.165) is 26.6 Å². The number of aromatic nitrogens is 2. The number of benzene rings is 1. The fourth-order valence-corrected chi connectivity index (χ4v) is 3.12. The maximum atomic E-state index is 8.85. The molecule has 0 radical (unpaired) electrons. The molecule has 0 saturated heterocycles. The van der Waals surface area contributed by atoms with Crippen LogP contribution in [0, 0.1) is 6.92 Å². The SMILES string of the molecule is C/C(=N\O)c1sc2nc3ccccc3n2c1C. The zero-order valence-electron chi connectivity index (χ0n) is 9.51. The van der Waals surface area contributed by atoms with Crippen LogP contribution in [0.4, 0.5) is 0 Å². The van der Waals surface area contributed by atoms with Crippen molar-refractivity contribution in [2.45, 2.75) is 13.8 Å². The average molecular weight is 245 g/mol. The Bertz CT molecular complexity index is 739. The van der Waals surface area contributed by atoms with Gasteiger partial charge in [0.15, 0.2) is 4.96 Å². The largest absolute Gasteiger partial charge is 0.411 e. The molecule has 3 aromatic rings. The summed E-state index contributed by atoms with van der Waals surface area (Å²) in [6.07, 6.45) is 0. The first-order valence-electron chi connectivity index (χ1n) is 5.28. The van der Waals surface area contributed by atoms with Gasteiger partial charge in [-0.3, -0.25) is 4.40 Å². The van der Waals surface area contributed by atoms with Crippen LogP contribution in [0.15, 0.2) is 29.4 Å². The molecule has 0 saturated carbocycles. The number of rotatable bonds is 1. The first kappa shape index (κ1) is 10.3. The van der Waals surface area contributed by atoms with Crippen molar-refractivity contribution in [1.29, 1.82) is 0 Å². The van der Waals surface area contributed by atoms with Crippen molar-refractivity contribution >= 4 is 33.0 Å². The molecule has 1 N–H and O–H groups in total. The number of nitrogens with zero attached hydrogens (tertiary/aromatic N) is 3. The van der Waals surface area contributed by atoms with E-state index < -0.39 is 0 Å². The van der Waals surface area contributed by atoms with Crippen LogP contribution in [0.5, 0.6) is 0 Å². The Morgan fingerprint density at radius 1 is 1.41 bits per heavy atom. The summed E-state index contributed by atoms with van der Waals surface area (Å²) in [6, 6.07) is 8.03. The Hall–Kier alpha value is -1.88. The number of fused-ring (bicyclic) bond motifs is 3. The molecule has 2 aromatic heterocycles. The number of imidazole rings is 1. The van der Waals surface area contributed by atoms with Gasteiger partial charge in [0.1, 0.15) is 0 Å². The monoisotopic (exact) mass is 245 g/mol. The lowest BCUT2D eigenvalue weighted by Gasteiger charge is -1.97. The molecule has 0 aliphatic heterocycles. The van der Waals surface area contributed by atoms with Crippen molar-refractivity contribution < 1.29 is 5.21 Å². The molecule has 0 unspecified atom stereocenters. The van der Waals surface area contributed by atoms with E-state index >= 15 is 0 Å². The predicted octanol–water partition coefficient (Wildman–Crippen LogP) is 3.06. The van der Waals surface area contributed by atoms with Gasteiger partial charge in [-0.15, -0.1) is 0 Å². The molecular formula is C12H11N3OS. The van der Waals surface area contributed by atoms with E-state index in [1.54, 1.807) is 18.3 Å². The Labute approximate surface area is 102 Å². The molecule has 0 aliphatic carbocycles. The second kappa shape index (κ2) is 3.56. The Kier molecular flexibility index (Phi) is 2.16. The molecule has 0 bridgehead atoms. The van der Waals surface area contributed by atoms with Gasteiger partial charge in [-0.25, -0.2) is 4.98 Å². The van der Waals surface area contributed by atoms with Gasteiger partial charge in [0.2, 0.25) is 0 Å². The Morgan fingerprint density at radius 2 is 2.18 bits per heavy atom. The van der Waals surface area contributed by atoms with Crippen LogP contribution in [0.2, 0.25) is 0 Å². The molecular weight excluding hydrogens is 234 g/mol. The fourth-order valence-electron chi connectivity index (χ4n) is 2.04. The summed E-state index contributed by atoms with van der Waals surface area (Å²) in [7, 11) is 0. The first-order valence-corrected chi connectivity index (χ1v) is 6.09. The highest BCUT2D eigenvalue weighted by molar-refractivity contribution is 7.19. The minimum Gasteiger partial charge on any atom is -0.411 e. The van der Waals surface area contributed by atoms with Gasteiger partial charge in [0, 0.05) is 5.69 Å². The zero-order valence-corrected chi connectivity index (χ0v) is 10.3. The van der Waals surface area contributed by atoms with Gasteiger partial charge in [-0.05, 0) is 26.0 Å². The lowest BCUT2D eigenvalue weighted by molar-refractivity contribution is 0.319. The first-order chi connectivity index (χ1) is 8.22. The minimum atomic E-state index is 0.627. The van der Waals surface area contributed by atoms with Crippen LogP contribution in [0.25, 0.3) is 16.0 Å². The molecule has 2 heterocycles. The highest BCUT2D eigenvalue weighted by Gasteiger charge is 2.15. The molecule has 4 nitrogen and oxygen atoms in total. The summed E-state index contributed by atoms with van der Waals surface area (Å²) in [5, 5.41) is 12.1. The average Bonchev–Trinajstić information content (AvgIpc) is 2.85. The lowest BCUT2D eigenvalue weighted by Crippen LogP contribution is -1.95. The highest BCUT2D eigenvalue weighted by Crippen LogP contribution is 2.27. The molecule has 0 atom stereocenters. The van der Waals surface area contributed by atoms with Crippen molar-refractivity contribution in [2.75, 3.05) is 0 Å². The summed E-state index contributed by atoms with van der Waals surface area (Å²) in [5.74, 6) is 0. The number of hydrogen-bond donors (Lipinski definition) is 1. The van der Waals surface area contributed by atoms with Crippen molar-refractivity contribution in [3.05, 3.63) is 34.8 Å². The van der Waals surface area contributed by atoms with E-state index in [9.17, 15) is 0 Å². The Morgan fingerprint density at radius 3 is 2.94 bits per heavy atom. The molecule has 17 heavy (non-hydrogen) atoms. The summed E-state index contributed by atoms with van der Waals surface area (Å²) >= 11 is 1.54. The van der Waals surface area contributed by atoms with Crippen LogP contribution >= 0.6 is 11.3 Å². The zero-order chi connectivity index (χ0) is 12.0. The van der Waals surface area contributed by atoms with Crippen molar-refractivity contribution in [3.63, 3.8) is 0 Å². The van der Waals surface area contributed by atoms with Crippen LogP contribution < -0.4 is 0 Å². The van der Waals surface area contributed by atoms with Gasteiger partial charge in [0.05, 0.1) is 21.6 Å². The normalized spacial score (nSPS) is 12.7. The second-order valence-electron chi connectivity index (χ2n) is 3.92. The van der Waals surface area contributed by atoms with Crippen molar-refractivity contribution in [3.8, 4) is 0 Å². The van der Waals surface area contributed by atoms with E-state index in [1.807, 2.05) is 31.2 Å². The molecule has 0 fully saturated rings. The van der Waals surface area contributed by atoms with E-state index in [0.29, 0.717) is 5.71 Å². The summed E-state index contributed by atoms with van der Waals surface area (Å²) in [6.45, 7) is 3.81. The topological polar surface area (TPSA) is 49.9 Å². The molecule has 0 amide bonds. The van der Waals surface area contributed by atoms with Crippen LogP contribution in [-0.4, -0.2) is 20.3 Å². The predicted molar refractivity (Wildman–Crippen MR) is 69.3 cm³/mol. The fraction of sp³-hybridized carbons (Fsp3) is 0.167. The summed E-state index contributed by atoms with van der Waals surface area (Å²) < 4.78 is 2.10. The summed E-state index contributed by atoms with van der Waals surface area (Å²) in [4.78, 5) is 6.46. The van der Waals surface area contributed by atoms with Gasteiger partial charge in [-0.2, -0.15) is 0 Å². The smallest absolute Gasteiger partial charge is 0.195 e. The van der Waals surface area contributed by atoms with Crippen molar-refractivity contribution in [2.24, 2.45) is 5.16 Å². The molecule has 3 rings (SSSR count). The standard InChI is InChI=1S/C12H11N3OS/c1-7(14-16)11-8(2)15-10-6-4-3-5-9(10)13-12(15)17-11/h3-6,16H,1-2H3/b14-7+. The third-order valence-corrected chi connectivity index (χ3v) is 4.12. The lowest BCUT2D eigenvalue weighted by atomic mass is 10.3. The third-order valence-electron chi connectivity index (χ3n) is 2.87. The van der Waals surface area contributed by atoms with Crippen LogP contribution in [0.1, 0.15) is 17.5 Å². The quantitative estimate of drug-likeness (QED) is 0.407. The minimum absolute atomic E-state index is 0.627. The van der Waals surface area contributed by atoms with Crippen molar-refractivity contribution in [1.82, 2.24) is 9.38 Å². The van der Waals surface area contributed by atoms with E-state index in [4.69, 9.17) is 5.21 Å². The molecule has 5 heteroatoms. The molecule has 1 aromatic carbocycles. The second-order valence-corrected chi connectivity index (χ2v) is 4.90. The molecule has 0 spiro atoms. The summed E-state index contributed by atoms with van der Waals surface area (Å²) in [5.41, 5.74) is 3.77. The van der Waals surface area contributed by atoms with Gasteiger partial charge >= 0.3 is 0 Å². The van der Waals surface area contributed by atoms with Gasteiger partial charge < -0.3 is 5.21 Å². The third kappa shape index (κ3) is 1.36. The maximum Gasteiger partial charge on any atom is 0.195 e. The number of para-hydroxylation sites is 2. The molecule has 0 aliphatic rings. The highest BCUT2D eigenvalue weighted by atomic mass is 32.1. The Balaban J connectivity index is 2.43. The number of hydrogen-bond acceptors (Lipinski definition) is 4. The van der Waals surface area contributed by atoms with Crippen LogP contribution in [0.3, 0.4) is 0 Å². The number of aryl methyl sites for hydroxylation is 1. The number of oxime groups is 1. The van der Waals surface area contributed by atoms with Gasteiger partial charge in [-0.1, -0.05) is 28.6 Å². The van der Waals surface area contributed by atoms with Crippen LogP contribution in [-0.2, 0) is 0 Å². The molecule has 86 valence electrons. The van der Waals surface area contributed by atoms with E-state index in [-0.39, 0.29) is 0 Å².